The van der Waals surface area contributed by atoms with Crippen LogP contribution in [0.4, 0.5) is 17.1 Å². The van der Waals surface area contributed by atoms with Gasteiger partial charge in [0, 0.05) is 16.5 Å². The lowest BCUT2D eigenvalue weighted by Crippen LogP contribution is -2.14. The third-order valence-corrected chi connectivity index (χ3v) is 7.19. The minimum Gasteiger partial charge on any atom is -0.399 e. The van der Waals surface area contributed by atoms with Crippen LogP contribution in [0.3, 0.4) is 0 Å². The molecule has 0 aliphatic rings. The second-order valence-electron chi connectivity index (χ2n) is 6.17. The predicted octanol–water partition coefficient (Wildman–Crippen LogP) is 1.30. The van der Waals surface area contributed by atoms with Gasteiger partial charge in [-0.15, -0.1) is 0 Å². The summed E-state index contributed by atoms with van der Waals surface area (Å²) in [5, 5.41) is -0.417. The molecule has 0 unspecified atom stereocenters. The normalized spacial score (nSPS) is 12.7. The van der Waals surface area contributed by atoms with Crippen LogP contribution in [0.15, 0.2) is 63.2 Å². The minimum absolute atomic E-state index is 0.174. The van der Waals surface area contributed by atoms with Crippen molar-refractivity contribution in [2.24, 2.45) is 0 Å². The average molecular weight is 474 g/mol. The van der Waals surface area contributed by atoms with Crippen molar-refractivity contribution in [2.45, 2.75) is 14.7 Å². The standard InChI is InChI=1S/C16H15N3O8S3/c17-9-2-1-3-10(6-9)28(20,21)19-14-5-4-12-13(16(14)18)7-11(29(22,23)24)8-15(12)30(25,26)27/h1-8,19H,17-18H2,(H,22,23,24)(H,25,26,27). The lowest BCUT2D eigenvalue weighted by Gasteiger charge is -2.14. The predicted molar refractivity (Wildman–Crippen MR) is 110 cm³/mol. The van der Waals surface area contributed by atoms with Crippen molar-refractivity contribution >= 4 is 58.1 Å². The molecule has 0 aliphatic heterocycles. The summed E-state index contributed by atoms with van der Waals surface area (Å²) in [4.78, 5) is -1.86. The van der Waals surface area contributed by atoms with E-state index in [2.05, 4.69) is 4.72 Å². The van der Waals surface area contributed by atoms with Gasteiger partial charge in [-0.25, -0.2) is 8.42 Å². The summed E-state index contributed by atoms with van der Waals surface area (Å²) >= 11 is 0. The zero-order valence-electron chi connectivity index (χ0n) is 14.8. The summed E-state index contributed by atoms with van der Waals surface area (Å²) < 4.78 is 92.5. The quantitative estimate of drug-likeness (QED) is 0.265. The van der Waals surface area contributed by atoms with Crippen molar-refractivity contribution in [3.05, 3.63) is 48.5 Å². The Labute approximate surface area is 171 Å². The fourth-order valence-electron chi connectivity index (χ4n) is 2.73. The summed E-state index contributed by atoms with van der Waals surface area (Å²) in [5.74, 6) is 0. The third-order valence-electron chi connectivity index (χ3n) is 4.10. The number of hydrogen-bond donors (Lipinski definition) is 5. The van der Waals surface area contributed by atoms with Crippen LogP contribution in [0, 0.1) is 0 Å². The molecule has 0 amide bonds. The highest BCUT2D eigenvalue weighted by molar-refractivity contribution is 7.92. The maximum atomic E-state index is 12.6. The molecule has 0 spiro atoms. The molecule has 30 heavy (non-hydrogen) atoms. The Hall–Kier alpha value is -2.91. The Bertz CT molecular complexity index is 1500. The van der Waals surface area contributed by atoms with Crippen LogP contribution in [0.5, 0.6) is 0 Å². The largest absolute Gasteiger partial charge is 0.399 e. The maximum absolute atomic E-state index is 12.6. The van der Waals surface area contributed by atoms with E-state index in [0.29, 0.717) is 6.07 Å². The topological polar surface area (TPSA) is 207 Å². The van der Waals surface area contributed by atoms with E-state index < -0.39 is 40.1 Å². The molecule has 0 saturated carbocycles. The van der Waals surface area contributed by atoms with Gasteiger partial charge in [-0.05, 0) is 36.4 Å². The Balaban J connectivity index is 2.25. The van der Waals surface area contributed by atoms with Crippen LogP contribution >= 0.6 is 0 Å². The highest BCUT2D eigenvalue weighted by Gasteiger charge is 2.23. The van der Waals surface area contributed by atoms with Crippen molar-refractivity contribution in [1.29, 1.82) is 0 Å². The average Bonchev–Trinajstić information content (AvgIpc) is 2.61. The Kier molecular flexibility index (Phi) is 5.16. The third kappa shape index (κ3) is 4.17. The monoisotopic (exact) mass is 473 g/mol. The van der Waals surface area contributed by atoms with Gasteiger partial charge in [-0.1, -0.05) is 12.1 Å². The van der Waals surface area contributed by atoms with Gasteiger partial charge in [0.25, 0.3) is 30.3 Å². The first kappa shape index (κ1) is 21.8. The van der Waals surface area contributed by atoms with Gasteiger partial charge in [-0.3, -0.25) is 13.8 Å². The van der Waals surface area contributed by atoms with Gasteiger partial charge in [-0.2, -0.15) is 16.8 Å². The van der Waals surface area contributed by atoms with Gasteiger partial charge >= 0.3 is 0 Å². The zero-order chi connectivity index (χ0) is 22.5. The molecule has 0 fully saturated rings. The molecule has 7 N–H and O–H groups in total. The van der Waals surface area contributed by atoms with Crippen LogP contribution < -0.4 is 16.2 Å². The molecule has 0 saturated heterocycles. The van der Waals surface area contributed by atoms with Gasteiger partial charge < -0.3 is 11.5 Å². The molecule has 0 atom stereocenters. The van der Waals surface area contributed by atoms with Crippen LogP contribution in [-0.4, -0.2) is 34.4 Å². The maximum Gasteiger partial charge on any atom is 0.295 e. The van der Waals surface area contributed by atoms with Crippen LogP contribution in [-0.2, 0) is 30.3 Å². The molecule has 0 bridgehead atoms. The van der Waals surface area contributed by atoms with Crippen molar-refractivity contribution in [3.8, 4) is 0 Å². The molecule has 11 nitrogen and oxygen atoms in total. The summed E-state index contributed by atoms with van der Waals surface area (Å²) in [6.45, 7) is 0. The van der Waals surface area contributed by atoms with Gasteiger partial charge in [0.1, 0.15) is 4.90 Å². The first-order valence-electron chi connectivity index (χ1n) is 7.90. The molecular weight excluding hydrogens is 458 g/mol. The molecule has 0 radical (unpaired) electrons. The SMILES string of the molecule is Nc1cccc(S(=O)(=O)Nc2ccc3c(S(=O)(=O)O)cc(S(=O)(=O)O)cc3c2N)c1. The lowest BCUT2D eigenvalue weighted by molar-refractivity contribution is 0.482. The summed E-state index contributed by atoms with van der Waals surface area (Å²) in [6.07, 6.45) is 0. The minimum atomic E-state index is -4.91. The van der Waals surface area contributed by atoms with Crippen LogP contribution in [0.2, 0.25) is 0 Å². The second-order valence-corrected chi connectivity index (χ2v) is 10.7. The number of nitrogens with two attached hydrogens (primary N) is 2. The fraction of sp³-hybridized carbons (Fsp3) is 0. The van der Waals surface area contributed by atoms with E-state index in [0.717, 1.165) is 18.2 Å². The molecule has 3 aromatic rings. The Morgan fingerprint density at radius 1 is 0.733 bits per heavy atom. The highest BCUT2D eigenvalue weighted by atomic mass is 32.2. The van der Waals surface area contributed by atoms with E-state index in [-0.39, 0.29) is 32.7 Å². The number of rotatable bonds is 5. The molecule has 0 aliphatic carbocycles. The summed E-state index contributed by atoms with van der Waals surface area (Å²) in [5.41, 5.74) is 11.2. The van der Waals surface area contributed by atoms with E-state index in [1.165, 1.54) is 24.3 Å². The van der Waals surface area contributed by atoms with Crippen molar-refractivity contribution < 1.29 is 34.4 Å². The highest BCUT2D eigenvalue weighted by Crippen LogP contribution is 2.35. The van der Waals surface area contributed by atoms with Crippen LogP contribution in [0.1, 0.15) is 0 Å². The van der Waals surface area contributed by atoms with E-state index in [1.807, 2.05) is 0 Å². The molecular formula is C16H15N3O8S3. The van der Waals surface area contributed by atoms with Gasteiger partial charge in [0.05, 0.1) is 21.2 Å². The number of nitrogens with one attached hydrogen (secondary N) is 1. The number of sulfonamides is 1. The van der Waals surface area contributed by atoms with Crippen molar-refractivity contribution in [2.75, 3.05) is 16.2 Å². The first-order valence-corrected chi connectivity index (χ1v) is 12.3. The van der Waals surface area contributed by atoms with Crippen molar-refractivity contribution in [1.82, 2.24) is 0 Å². The number of hydrogen-bond acceptors (Lipinski definition) is 8. The molecule has 0 aromatic heterocycles. The number of fused-ring (bicyclic) bond motifs is 1. The smallest absolute Gasteiger partial charge is 0.295 e. The zero-order valence-corrected chi connectivity index (χ0v) is 17.3. The Morgan fingerprint density at radius 3 is 1.97 bits per heavy atom. The summed E-state index contributed by atoms with van der Waals surface area (Å²) in [7, 11) is -13.9. The van der Waals surface area contributed by atoms with Gasteiger partial charge in [0.15, 0.2) is 0 Å². The molecule has 3 rings (SSSR count). The van der Waals surface area contributed by atoms with E-state index in [1.54, 1.807) is 0 Å². The van der Waals surface area contributed by atoms with E-state index >= 15 is 0 Å². The number of benzene rings is 3. The lowest BCUT2D eigenvalue weighted by atomic mass is 10.1. The molecule has 3 aromatic carbocycles. The molecule has 14 heteroatoms. The Morgan fingerprint density at radius 2 is 1.40 bits per heavy atom. The molecule has 0 heterocycles. The number of anilines is 3. The fourth-order valence-corrected chi connectivity index (χ4v) is 5.21. The van der Waals surface area contributed by atoms with E-state index in [4.69, 9.17) is 11.5 Å². The summed E-state index contributed by atoms with van der Waals surface area (Å²) in [6, 6.07) is 9.07. The second kappa shape index (κ2) is 7.10. The van der Waals surface area contributed by atoms with E-state index in [9.17, 15) is 34.4 Å². The number of nitrogen functional groups attached to an aromatic ring is 2. The van der Waals surface area contributed by atoms with Gasteiger partial charge in [0.2, 0.25) is 0 Å². The molecule has 160 valence electrons. The van der Waals surface area contributed by atoms with Crippen LogP contribution in [0.25, 0.3) is 10.8 Å². The first-order chi connectivity index (χ1) is 13.7. The van der Waals surface area contributed by atoms with Crippen molar-refractivity contribution in [3.63, 3.8) is 0 Å².